The van der Waals surface area contributed by atoms with E-state index in [1.54, 1.807) is 18.7 Å². The summed E-state index contributed by atoms with van der Waals surface area (Å²) in [7, 11) is 0. The van der Waals surface area contributed by atoms with Crippen LogP contribution in [0.4, 0.5) is 4.79 Å². The van der Waals surface area contributed by atoms with Gasteiger partial charge in [-0.15, -0.1) is 0 Å². The SMILES string of the molecule is CSCC(C)(O)CNC(=O)NCCc1cccc(C)c1. The van der Waals surface area contributed by atoms with Gasteiger partial charge in [0.2, 0.25) is 0 Å². The largest absolute Gasteiger partial charge is 0.387 e. The van der Waals surface area contributed by atoms with Crippen molar-refractivity contribution in [1.82, 2.24) is 10.6 Å². The number of aliphatic hydroxyl groups is 1. The standard InChI is InChI=1S/C15H24N2O2S/c1-12-5-4-6-13(9-12)7-8-16-14(18)17-10-15(2,19)11-20-3/h4-6,9,19H,7-8,10-11H2,1-3H3,(H2,16,17,18). The lowest BCUT2D eigenvalue weighted by molar-refractivity contribution is 0.0869. The highest BCUT2D eigenvalue weighted by molar-refractivity contribution is 7.98. The third-order valence-electron chi connectivity index (χ3n) is 2.87. The van der Waals surface area contributed by atoms with Crippen LogP contribution in [0.25, 0.3) is 0 Å². The Kier molecular flexibility index (Phi) is 6.88. The van der Waals surface area contributed by atoms with Gasteiger partial charge in [-0.1, -0.05) is 29.8 Å². The maximum atomic E-state index is 11.6. The second-order valence-corrected chi connectivity index (χ2v) is 6.14. The fraction of sp³-hybridized carbons (Fsp3) is 0.533. The number of aryl methyl sites for hydroxylation is 1. The Balaban J connectivity index is 2.23. The number of amides is 2. The molecule has 112 valence electrons. The highest BCUT2D eigenvalue weighted by Gasteiger charge is 2.20. The van der Waals surface area contributed by atoms with Gasteiger partial charge in [0.15, 0.2) is 0 Å². The molecule has 0 spiro atoms. The molecule has 0 saturated carbocycles. The van der Waals surface area contributed by atoms with Crippen LogP contribution < -0.4 is 10.6 Å². The number of urea groups is 1. The zero-order valence-electron chi connectivity index (χ0n) is 12.4. The molecule has 1 atom stereocenters. The number of carbonyl (C=O) groups is 1. The van der Waals surface area contributed by atoms with Gasteiger partial charge in [0.05, 0.1) is 5.60 Å². The highest BCUT2D eigenvalue weighted by Crippen LogP contribution is 2.08. The number of hydrogen-bond acceptors (Lipinski definition) is 3. The number of benzene rings is 1. The molecule has 2 amide bonds. The number of thioether (sulfide) groups is 1. The van der Waals surface area contributed by atoms with Crippen molar-refractivity contribution < 1.29 is 9.90 Å². The molecule has 0 aliphatic carbocycles. The Bertz CT molecular complexity index is 436. The van der Waals surface area contributed by atoms with Crippen LogP contribution in [-0.2, 0) is 6.42 Å². The molecule has 0 heterocycles. The lowest BCUT2D eigenvalue weighted by Gasteiger charge is -2.22. The Morgan fingerprint density at radius 1 is 1.40 bits per heavy atom. The van der Waals surface area contributed by atoms with Gasteiger partial charge in [0.1, 0.15) is 0 Å². The van der Waals surface area contributed by atoms with E-state index in [0.717, 1.165) is 6.42 Å². The first-order chi connectivity index (χ1) is 9.43. The molecule has 0 fully saturated rings. The average molecular weight is 296 g/mol. The van der Waals surface area contributed by atoms with Gasteiger partial charge in [0, 0.05) is 18.8 Å². The fourth-order valence-corrected chi connectivity index (χ4v) is 2.61. The smallest absolute Gasteiger partial charge is 0.314 e. The van der Waals surface area contributed by atoms with Crippen LogP contribution in [0, 0.1) is 6.92 Å². The molecule has 0 aromatic heterocycles. The minimum absolute atomic E-state index is 0.237. The van der Waals surface area contributed by atoms with E-state index < -0.39 is 5.60 Å². The first-order valence-electron chi connectivity index (χ1n) is 6.71. The van der Waals surface area contributed by atoms with Crippen LogP contribution in [-0.4, -0.2) is 41.8 Å². The van der Waals surface area contributed by atoms with Crippen molar-refractivity contribution in [3.05, 3.63) is 35.4 Å². The summed E-state index contributed by atoms with van der Waals surface area (Å²) in [6.45, 7) is 4.61. The molecule has 4 nitrogen and oxygen atoms in total. The minimum Gasteiger partial charge on any atom is -0.387 e. The molecule has 20 heavy (non-hydrogen) atoms. The molecule has 0 aliphatic rings. The lowest BCUT2D eigenvalue weighted by atomic mass is 10.1. The van der Waals surface area contributed by atoms with Crippen molar-refractivity contribution in [3.63, 3.8) is 0 Å². The summed E-state index contributed by atoms with van der Waals surface area (Å²) < 4.78 is 0. The van der Waals surface area contributed by atoms with Gasteiger partial charge in [0.25, 0.3) is 0 Å². The van der Waals surface area contributed by atoms with E-state index >= 15 is 0 Å². The average Bonchev–Trinajstić information content (AvgIpc) is 2.37. The lowest BCUT2D eigenvalue weighted by Crippen LogP contribution is -2.46. The van der Waals surface area contributed by atoms with Crippen molar-refractivity contribution in [1.29, 1.82) is 0 Å². The topological polar surface area (TPSA) is 61.4 Å². The van der Waals surface area contributed by atoms with Crippen LogP contribution in [0.15, 0.2) is 24.3 Å². The summed E-state index contributed by atoms with van der Waals surface area (Å²) in [4.78, 5) is 11.6. The normalized spacial score (nSPS) is 13.6. The maximum Gasteiger partial charge on any atom is 0.314 e. The summed E-state index contributed by atoms with van der Waals surface area (Å²) in [6, 6.07) is 8.00. The van der Waals surface area contributed by atoms with Crippen molar-refractivity contribution in [2.75, 3.05) is 25.1 Å². The quantitative estimate of drug-likeness (QED) is 0.721. The molecule has 0 aliphatic heterocycles. The second-order valence-electron chi connectivity index (χ2n) is 5.28. The third-order valence-corrected chi connectivity index (χ3v) is 3.78. The molecule has 1 aromatic carbocycles. The van der Waals surface area contributed by atoms with Gasteiger partial charge in [-0.2, -0.15) is 11.8 Å². The first-order valence-corrected chi connectivity index (χ1v) is 8.11. The van der Waals surface area contributed by atoms with Gasteiger partial charge < -0.3 is 15.7 Å². The highest BCUT2D eigenvalue weighted by atomic mass is 32.2. The molecule has 5 heteroatoms. The fourth-order valence-electron chi connectivity index (χ4n) is 1.88. The molecule has 0 radical (unpaired) electrons. The summed E-state index contributed by atoms with van der Waals surface area (Å²) >= 11 is 1.55. The first kappa shape index (κ1) is 16.9. The van der Waals surface area contributed by atoms with Gasteiger partial charge >= 0.3 is 6.03 Å². The Hall–Kier alpha value is -1.20. The number of carbonyl (C=O) groups excluding carboxylic acids is 1. The molecule has 0 bridgehead atoms. The van der Waals surface area contributed by atoms with E-state index in [1.165, 1.54) is 11.1 Å². The molecule has 3 N–H and O–H groups in total. The van der Waals surface area contributed by atoms with Gasteiger partial charge in [-0.3, -0.25) is 0 Å². The summed E-state index contributed by atoms with van der Waals surface area (Å²) in [5.41, 5.74) is 1.56. The number of rotatable bonds is 7. The Morgan fingerprint density at radius 2 is 2.15 bits per heavy atom. The van der Waals surface area contributed by atoms with Crippen LogP contribution in [0.3, 0.4) is 0 Å². The summed E-state index contributed by atoms with van der Waals surface area (Å²) in [5, 5.41) is 15.4. The molecule has 1 unspecified atom stereocenters. The maximum absolute atomic E-state index is 11.6. The van der Waals surface area contributed by atoms with Crippen molar-refractivity contribution in [2.45, 2.75) is 25.9 Å². The van der Waals surface area contributed by atoms with E-state index in [0.29, 0.717) is 12.3 Å². The summed E-state index contributed by atoms with van der Waals surface area (Å²) in [6.07, 6.45) is 2.73. The van der Waals surface area contributed by atoms with Crippen LogP contribution in [0.1, 0.15) is 18.1 Å². The van der Waals surface area contributed by atoms with E-state index in [2.05, 4.69) is 35.8 Å². The molecular formula is C15H24N2O2S. The summed E-state index contributed by atoms with van der Waals surface area (Å²) in [5.74, 6) is 0.594. The third kappa shape index (κ3) is 6.82. The number of nitrogens with one attached hydrogen (secondary N) is 2. The van der Waals surface area contributed by atoms with E-state index in [-0.39, 0.29) is 12.6 Å². The van der Waals surface area contributed by atoms with Crippen LogP contribution >= 0.6 is 11.8 Å². The van der Waals surface area contributed by atoms with Crippen LogP contribution in [0.5, 0.6) is 0 Å². The molecule has 0 saturated heterocycles. The van der Waals surface area contributed by atoms with E-state index in [9.17, 15) is 9.90 Å². The minimum atomic E-state index is -0.868. The zero-order chi connectivity index (χ0) is 15.0. The van der Waals surface area contributed by atoms with Crippen molar-refractivity contribution >= 4 is 17.8 Å². The van der Waals surface area contributed by atoms with Gasteiger partial charge in [-0.25, -0.2) is 4.79 Å². The van der Waals surface area contributed by atoms with Crippen molar-refractivity contribution in [3.8, 4) is 0 Å². The second kappa shape index (κ2) is 8.17. The molecule has 1 aromatic rings. The number of hydrogen-bond donors (Lipinski definition) is 3. The predicted molar refractivity (Wildman–Crippen MR) is 85.3 cm³/mol. The van der Waals surface area contributed by atoms with E-state index in [1.807, 2.05) is 12.3 Å². The Labute approximate surface area is 125 Å². The monoisotopic (exact) mass is 296 g/mol. The predicted octanol–water partition coefficient (Wildman–Crippen LogP) is 1.95. The molecule has 1 rings (SSSR count). The zero-order valence-corrected chi connectivity index (χ0v) is 13.2. The van der Waals surface area contributed by atoms with E-state index in [4.69, 9.17) is 0 Å². The molecular weight excluding hydrogens is 272 g/mol. The Morgan fingerprint density at radius 3 is 2.80 bits per heavy atom. The van der Waals surface area contributed by atoms with Gasteiger partial charge in [-0.05, 0) is 32.1 Å². The van der Waals surface area contributed by atoms with Crippen molar-refractivity contribution in [2.24, 2.45) is 0 Å². The van der Waals surface area contributed by atoms with Crippen LogP contribution in [0.2, 0.25) is 0 Å².